The first-order valence-corrected chi connectivity index (χ1v) is 2.90. The van der Waals surface area contributed by atoms with Crippen LogP contribution in [0.2, 0.25) is 0 Å². The third-order valence-electron chi connectivity index (χ3n) is 0.803. The summed E-state index contributed by atoms with van der Waals surface area (Å²) in [6.45, 7) is 4.06. The Labute approximate surface area is 81.8 Å². The van der Waals surface area contributed by atoms with E-state index in [-0.39, 0.29) is 38.6 Å². The van der Waals surface area contributed by atoms with E-state index in [1.807, 2.05) is 0 Å². The molecule has 0 aliphatic rings. The van der Waals surface area contributed by atoms with Gasteiger partial charge in [0.25, 0.3) is 0 Å². The molecule has 0 unspecified atom stereocenters. The van der Waals surface area contributed by atoms with E-state index in [0.29, 0.717) is 6.61 Å². The fourth-order valence-electron chi connectivity index (χ4n) is 0.360. The summed E-state index contributed by atoms with van der Waals surface area (Å²) in [5, 5.41) is 0. The van der Waals surface area contributed by atoms with Crippen LogP contribution in [0.15, 0.2) is 0 Å². The van der Waals surface area contributed by atoms with Crippen molar-refractivity contribution in [2.24, 2.45) is 0 Å². The molecule has 0 aromatic carbocycles. The van der Waals surface area contributed by atoms with Crippen LogP contribution in [0.1, 0.15) is 26.7 Å². The van der Waals surface area contributed by atoms with E-state index < -0.39 is 0 Å². The van der Waals surface area contributed by atoms with Gasteiger partial charge in [-0.15, -0.1) is 0 Å². The minimum Gasteiger partial charge on any atom is -2.00 e. The van der Waals surface area contributed by atoms with Crippen LogP contribution in [0.3, 0.4) is 0 Å². The standard InChI is InChI=1S/C6H12O2.2O.Ti/c1-3-4-5-8-6(2)7;;;/h3-5H2,1-2H3;;;/q;2*-2;+4. The topological polar surface area (TPSA) is 83.3 Å². The number of carbonyl (C=O) groups excluding carboxylic acids is 1. The van der Waals surface area contributed by atoms with Gasteiger partial charge >= 0.3 is 27.7 Å². The summed E-state index contributed by atoms with van der Waals surface area (Å²) in [5.41, 5.74) is 0. The van der Waals surface area contributed by atoms with E-state index in [9.17, 15) is 4.79 Å². The van der Waals surface area contributed by atoms with E-state index >= 15 is 0 Å². The van der Waals surface area contributed by atoms with Crippen molar-refractivity contribution in [1.82, 2.24) is 0 Å². The Bertz CT molecular complexity index is 77.0. The van der Waals surface area contributed by atoms with Crippen LogP contribution in [0.4, 0.5) is 0 Å². The molecule has 11 heavy (non-hydrogen) atoms. The largest absolute Gasteiger partial charge is 4.00 e. The van der Waals surface area contributed by atoms with Gasteiger partial charge in [0.1, 0.15) is 0 Å². The molecule has 0 spiro atoms. The van der Waals surface area contributed by atoms with Crippen molar-refractivity contribution >= 4 is 5.97 Å². The normalized spacial score (nSPS) is 6.36. The van der Waals surface area contributed by atoms with Gasteiger partial charge in [0.15, 0.2) is 0 Å². The summed E-state index contributed by atoms with van der Waals surface area (Å²) >= 11 is 0. The predicted molar refractivity (Wildman–Crippen MR) is 32.9 cm³/mol. The fourth-order valence-corrected chi connectivity index (χ4v) is 0.360. The molecule has 0 heterocycles. The summed E-state index contributed by atoms with van der Waals surface area (Å²) < 4.78 is 4.64. The number of hydrogen-bond donors (Lipinski definition) is 0. The van der Waals surface area contributed by atoms with Gasteiger partial charge in [-0.25, -0.2) is 0 Å². The SMILES string of the molecule is CCCCOC(C)=O.[O-2].[O-2].[Ti+4]. The summed E-state index contributed by atoms with van der Waals surface area (Å²) in [6.07, 6.45) is 2.05. The van der Waals surface area contributed by atoms with Crippen LogP contribution in [-0.4, -0.2) is 12.6 Å². The number of esters is 1. The average Bonchev–Trinajstić information content (AvgIpc) is 1.66. The van der Waals surface area contributed by atoms with Crippen molar-refractivity contribution in [3.05, 3.63) is 0 Å². The molecule has 0 aromatic rings. The van der Waals surface area contributed by atoms with Crippen molar-refractivity contribution in [3.63, 3.8) is 0 Å². The molecule has 5 heteroatoms. The van der Waals surface area contributed by atoms with Gasteiger partial charge in [-0.1, -0.05) is 13.3 Å². The third-order valence-corrected chi connectivity index (χ3v) is 0.803. The average molecular weight is 196 g/mol. The van der Waals surface area contributed by atoms with Crippen molar-refractivity contribution in [1.29, 1.82) is 0 Å². The van der Waals surface area contributed by atoms with Gasteiger partial charge in [-0.2, -0.15) is 0 Å². The number of unbranched alkanes of at least 4 members (excludes halogenated alkanes) is 1. The van der Waals surface area contributed by atoms with Crippen molar-refractivity contribution < 1.29 is 42.2 Å². The first kappa shape index (κ1) is 22.5. The zero-order chi connectivity index (χ0) is 6.41. The Morgan fingerprint density at radius 1 is 1.36 bits per heavy atom. The first-order chi connectivity index (χ1) is 3.77. The molecular formula is C6H12O4Ti. The van der Waals surface area contributed by atoms with Gasteiger partial charge in [0, 0.05) is 6.92 Å². The second-order valence-corrected chi connectivity index (χ2v) is 1.69. The molecule has 0 saturated carbocycles. The molecule has 4 nitrogen and oxygen atoms in total. The second kappa shape index (κ2) is 16.6. The molecule has 0 saturated heterocycles. The molecule has 0 bridgehead atoms. The van der Waals surface area contributed by atoms with Crippen LogP contribution in [-0.2, 0) is 42.2 Å². The Morgan fingerprint density at radius 2 is 1.82 bits per heavy atom. The van der Waals surface area contributed by atoms with Gasteiger partial charge < -0.3 is 15.7 Å². The summed E-state index contributed by atoms with van der Waals surface area (Å²) in [5.74, 6) is -0.182. The van der Waals surface area contributed by atoms with E-state index in [1.54, 1.807) is 0 Å². The molecule has 0 N–H and O–H groups in total. The number of ether oxygens (including phenoxy) is 1. The fraction of sp³-hybridized carbons (Fsp3) is 0.833. The molecule has 0 aliphatic heterocycles. The van der Waals surface area contributed by atoms with Crippen LogP contribution in [0.25, 0.3) is 0 Å². The Balaban J connectivity index is -0.0000000817. The van der Waals surface area contributed by atoms with Crippen molar-refractivity contribution in [2.45, 2.75) is 26.7 Å². The van der Waals surface area contributed by atoms with Crippen molar-refractivity contribution in [3.8, 4) is 0 Å². The summed E-state index contributed by atoms with van der Waals surface area (Å²) in [6, 6.07) is 0. The van der Waals surface area contributed by atoms with Gasteiger partial charge in [-0.3, -0.25) is 4.79 Å². The molecule has 64 valence electrons. The Hall–Kier alpha value is 0.104. The van der Waals surface area contributed by atoms with Crippen molar-refractivity contribution in [2.75, 3.05) is 6.61 Å². The minimum atomic E-state index is -0.182. The van der Waals surface area contributed by atoms with E-state index in [0.717, 1.165) is 12.8 Å². The smallest absolute Gasteiger partial charge is 2.00 e. The quantitative estimate of drug-likeness (QED) is 0.384. The molecule has 0 fully saturated rings. The van der Waals surface area contributed by atoms with Gasteiger partial charge in [0.05, 0.1) is 6.61 Å². The molecule has 0 rings (SSSR count). The molecule has 0 radical (unpaired) electrons. The van der Waals surface area contributed by atoms with Crippen LogP contribution >= 0.6 is 0 Å². The summed E-state index contributed by atoms with van der Waals surface area (Å²) in [4.78, 5) is 10.1. The molecular weight excluding hydrogens is 184 g/mol. The third kappa shape index (κ3) is 25.5. The summed E-state index contributed by atoms with van der Waals surface area (Å²) in [7, 11) is 0. The maximum Gasteiger partial charge on any atom is 4.00 e. The monoisotopic (exact) mass is 196 g/mol. The molecule has 0 aromatic heterocycles. The predicted octanol–water partition coefficient (Wildman–Crippen LogP) is 1.11. The van der Waals surface area contributed by atoms with E-state index in [4.69, 9.17) is 0 Å². The maximum absolute atomic E-state index is 10.1. The van der Waals surface area contributed by atoms with Crippen LogP contribution < -0.4 is 0 Å². The van der Waals surface area contributed by atoms with E-state index in [1.165, 1.54) is 6.92 Å². The zero-order valence-electron chi connectivity index (χ0n) is 6.75. The Morgan fingerprint density at radius 3 is 2.09 bits per heavy atom. The minimum absolute atomic E-state index is 0. The zero-order valence-corrected chi connectivity index (χ0v) is 8.32. The molecule has 0 aliphatic carbocycles. The maximum atomic E-state index is 10.1. The number of carbonyl (C=O) groups is 1. The Kier molecular flexibility index (Phi) is 33.9. The molecule has 0 amide bonds. The van der Waals surface area contributed by atoms with Crippen LogP contribution in [0.5, 0.6) is 0 Å². The molecule has 0 atom stereocenters. The number of hydrogen-bond acceptors (Lipinski definition) is 2. The van der Waals surface area contributed by atoms with Crippen LogP contribution in [0, 0.1) is 0 Å². The second-order valence-electron chi connectivity index (χ2n) is 1.69. The van der Waals surface area contributed by atoms with Gasteiger partial charge in [0.2, 0.25) is 0 Å². The number of rotatable bonds is 3. The van der Waals surface area contributed by atoms with E-state index in [2.05, 4.69) is 11.7 Å². The van der Waals surface area contributed by atoms with Gasteiger partial charge in [-0.05, 0) is 6.42 Å². The first-order valence-electron chi connectivity index (χ1n) is 2.90.